The fourth-order valence-electron chi connectivity index (χ4n) is 2.60. The zero-order valence-corrected chi connectivity index (χ0v) is 15.5. The first-order valence-corrected chi connectivity index (χ1v) is 8.78. The van der Waals surface area contributed by atoms with Gasteiger partial charge in [-0.25, -0.2) is 0 Å². The van der Waals surface area contributed by atoms with Crippen molar-refractivity contribution in [3.05, 3.63) is 76.9 Å². The van der Waals surface area contributed by atoms with Crippen LogP contribution in [0.5, 0.6) is 5.75 Å². The van der Waals surface area contributed by atoms with Gasteiger partial charge in [-0.05, 0) is 36.2 Å². The molecule has 2 aromatic carbocycles. The molecule has 1 amide bonds. The normalized spacial score (nSPS) is 11.3. The van der Waals surface area contributed by atoms with Gasteiger partial charge in [0.15, 0.2) is 6.61 Å². The highest BCUT2D eigenvalue weighted by atomic mass is 19.4. The maximum Gasteiger partial charge on any atom is 0.416 e. The molecule has 29 heavy (non-hydrogen) atoms. The summed E-state index contributed by atoms with van der Waals surface area (Å²) in [5.74, 6) is 0.789. The number of carbonyl (C=O) groups excluding carboxylic acids is 1. The molecule has 0 bridgehead atoms. The fraction of sp³-hybridized carbons (Fsp3) is 0.250. The average molecular weight is 405 g/mol. The summed E-state index contributed by atoms with van der Waals surface area (Å²) in [6.45, 7) is 1.98. The Kier molecular flexibility index (Phi) is 6.16. The molecular weight excluding hydrogens is 387 g/mol. The van der Waals surface area contributed by atoms with E-state index in [-0.39, 0.29) is 19.1 Å². The number of hydrogen-bond donors (Lipinski definition) is 1. The molecule has 6 nitrogen and oxygen atoms in total. The van der Waals surface area contributed by atoms with Gasteiger partial charge in [0.25, 0.3) is 5.91 Å². The number of carbonyl (C=O) groups is 1. The molecular formula is C20H18F3N3O3. The van der Waals surface area contributed by atoms with E-state index in [1.54, 1.807) is 31.2 Å². The second kappa shape index (κ2) is 8.76. The molecule has 0 spiro atoms. The maximum absolute atomic E-state index is 12.6. The largest absolute Gasteiger partial charge is 0.485 e. The van der Waals surface area contributed by atoms with Crippen molar-refractivity contribution in [2.75, 3.05) is 6.54 Å². The lowest BCUT2D eigenvalue weighted by molar-refractivity contribution is -0.137. The highest BCUT2D eigenvalue weighted by Gasteiger charge is 2.29. The number of hydrogen-bond acceptors (Lipinski definition) is 5. The molecule has 0 saturated heterocycles. The summed E-state index contributed by atoms with van der Waals surface area (Å²) >= 11 is 0. The van der Waals surface area contributed by atoms with Gasteiger partial charge in [0.05, 0.1) is 11.1 Å². The summed E-state index contributed by atoms with van der Waals surface area (Å²) in [5.41, 5.74) is 0.323. The smallest absolute Gasteiger partial charge is 0.416 e. The number of amides is 1. The first-order valence-electron chi connectivity index (χ1n) is 8.78. The van der Waals surface area contributed by atoms with Crippen LogP contribution in [0, 0.1) is 6.92 Å². The number of aryl methyl sites for hydroxylation is 1. The minimum absolute atomic E-state index is 0.0488. The zero-order valence-electron chi connectivity index (χ0n) is 15.5. The molecule has 1 aromatic heterocycles. The van der Waals surface area contributed by atoms with Crippen LogP contribution in [-0.2, 0) is 19.2 Å². The molecule has 152 valence electrons. The van der Waals surface area contributed by atoms with Gasteiger partial charge in [0.2, 0.25) is 11.7 Å². The molecule has 0 aliphatic rings. The summed E-state index contributed by atoms with van der Waals surface area (Å²) in [7, 11) is 0. The maximum atomic E-state index is 12.6. The molecule has 3 rings (SSSR count). The fourth-order valence-corrected chi connectivity index (χ4v) is 2.60. The van der Waals surface area contributed by atoms with E-state index in [0.717, 1.165) is 12.1 Å². The Hall–Kier alpha value is -3.36. The average Bonchev–Trinajstić information content (AvgIpc) is 3.11. The Bertz CT molecular complexity index is 969. The van der Waals surface area contributed by atoms with Crippen molar-refractivity contribution in [1.82, 2.24) is 15.5 Å². The lowest BCUT2D eigenvalue weighted by atomic mass is 10.1. The van der Waals surface area contributed by atoms with Crippen LogP contribution in [0.15, 0.2) is 53.1 Å². The van der Waals surface area contributed by atoms with E-state index in [4.69, 9.17) is 9.26 Å². The molecule has 0 aliphatic heterocycles. The van der Waals surface area contributed by atoms with E-state index < -0.39 is 11.7 Å². The third-order valence-electron chi connectivity index (χ3n) is 4.04. The molecule has 0 aliphatic carbocycles. The van der Waals surface area contributed by atoms with E-state index in [9.17, 15) is 18.0 Å². The Labute approximate surface area is 164 Å². The minimum Gasteiger partial charge on any atom is -0.485 e. The summed E-state index contributed by atoms with van der Waals surface area (Å²) < 4.78 is 48.3. The highest BCUT2D eigenvalue weighted by molar-refractivity contribution is 5.96. The number of halogens is 3. The lowest BCUT2D eigenvalue weighted by Gasteiger charge is -2.11. The third-order valence-corrected chi connectivity index (χ3v) is 4.04. The van der Waals surface area contributed by atoms with E-state index in [2.05, 4.69) is 15.5 Å². The van der Waals surface area contributed by atoms with Crippen LogP contribution in [0.3, 0.4) is 0 Å². The molecule has 9 heteroatoms. The van der Waals surface area contributed by atoms with Gasteiger partial charge in [-0.1, -0.05) is 29.4 Å². The molecule has 0 unspecified atom stereocenters. The van der Waals surface area contributed by atoms with Crippen molar-refractivity contribution in [2.45, 2.75) is 26.1 Å². The molecule has 1 heterocycles. The second-order valence-corrected chi connectivity index (χ2v) is 6.22. The monoisotopic (exact) mass is 405 g/mol. The van der Waals surface area contributed by atoms with Gasteiger partial charge in [0.1, 0.15) is 5.75 Å². The standard InChI is InChI=1S/C20H18F3N3O3/c1-13-25-18(26-29-13)12-28-17-5-3-2-4-16(17)19(27)24-11-10-14-6-8-15(9-7-14)20(21,22)23/h2-9H,10-12H2,1H3,(H,24,27). The molecule has 0 radical (unpaired) electrons. The number of alkyl halides is 3. The van der Waals surface area contributed by atoms with Crippen molar-refractivity contribution in [1.29, 1.82) is 0 Å². The number of rotatable bonds is 7. The Morgan fingerprint density at radius 3 is 2.52 bits per heavy atom. The molecule has 0 atom stereocenters. The van der Waals surface area contributed by atoms with Gasteiger partial charge in [-0.15, -0.1) is 0 Å². The Balaban J connectivity index is 1.55. The lowest BCUT2D eigenvalue weighted by Crippen LogP contribution is -2.26. The second-order valence-electron chi connectivity index (χ2n) is 6.22. The van der Waals surface area contributed by atoms with Crippen LogP contribution < -0.4 is 10.1 Å². The minimum atomic E-state index is -4.36. The highest BCUT2D eigenvalue weighted by Crippen LogP contribution is 2.29. The van der Waals surface area contributed by atoms with Crippen LogP contribution in [-0.4, -0.2) is 22.6 Å². The summed E-state index contributed by atoms with van der Waals surface area (Å²) in [6.07, 6.45) is -3.97. The number of aromatic nitrogens is 2. The number of para-hydroxylation sites is 1. The van der Waals surface area contributed by atoms with Gasteiger partial charge < -0.3 is 14.6 Å². The summed E-state index contributed by atoms with van der Waals surface area (Å²) in [5, 5.41) is 6.47. The SMILES string of the molecule is Cc1nc(COc2ccccc2C(=O)NCCc2ccc(C(F)(F)F)cc2)no1. The summed E-state index contributed by atoms with van der Waals surface area (Å²) in [4.78, 5) is 16.5. The molecule has 0 saturated carbocycles. The summed E-state index contributed by atoms with van der Waals surface area (Å²) in [6, 6.07) is 11.6. The van der Waals surface area contributed by atoms with Crippen LogP contribution >= 0.6 is 0 Å². The van der Waals surface area contributed by atoms with Gasteiger partial charge in [-0.2, -0.15) is 18.2 Å². The number of benzene rings is 2. The molecule has 3 aromatic rings. The van der Waals surface area contributed by atoms with E-state index >= 15 is 0 Å². The van der Waals surface area contributed by atoms with E-state index in [0.29, 0.717) is 35.0 Å². The van der Waals surface area contributed by atoms with Gasteiger partial charge in [-0.3, -0.25) is 4.79 Å². The van der Waals surface area contributed by atoms with Crippen molar-refractivity contribution in [3.8, 4) is 5.75 Å². The van der Waals surface area contributed by atoms with Crippen LogP contribution in [0.25, 0.3) is 0 Å². The first-order chi connectivity index (χ1) is 13.8. The molecule has 0 fully saturated rings. The number of nitrogens with one attached hydrogen (secondary N) is 1. The Morgan fingerprint density at radius 1 is 1.14 bits per heavy atom. The predicted octanol–water partition coefficient (Wildman–Crippen LogP) is 3.95. The van der Waals surface area contributed by atoms with Crippen molar-refractivity contribution in [3.63, 3.8) is 0 Å². The zero-order chi connectivity index (χ0) is 20.9. The van der Waals surface area contributed by atoms with Crippen LogP contribution in [0.4, 0.5) is 13.2 Å². The van der Waals surface area contributed by atoms with E-state index in [1.165, 1.54) is 12.1 Å². The number of ether oxygens (including phenoxy) is 1. The predicted molar refractivity (Wildman–Crippen MR) is 97.3 cm³/mol. The van der Waals surface area contributed by atoms with Crippen LogP contribution in [0.2, 0.25) is 0 Å². The topological polar surface area (TPSA) is 77.2 Å². The molecule has 1 N–H and O–H groups in total. The first kappa shape index (κ1) is 20.4. The van der Waals surface area contributed by atoms with Gasteiger partial charge >= 0.3 is 6.18 Å². The van der Waals surface area contributed by atoms with Crippen molar-refractivity contribution in [2.24, 2.45) is 0 Å². The quantitative estimate of drug-likeness (QED) is 0.644. The van der Waals surface area contributed by atoms with Crippen molar-refractivity contribution < 1.29 is 27.2 Å². The van der Waals surface area contributed by atoms with Crippen molar-refractivity contribution >= 4 is 5.91 Å². The van der Waals surface area contributed by atoms with E-state index in [1.807, 2.05) is 0 Å². The third kappa shape index (κ3) is 5.56. The number of nitrogens with zero attached hydrogens (tertiary/aromatic N) is 2. The van der Waals surface area contributed by atoms with Crippen LogP contribution in [0.1, 0.15) is 33.2 Å². The van der Waals surface area contributed by atoms with Gasteiger partial charge in [0, 0.05) is 13.5 Å². The Morgan fingerprint density at radius 2 is 1.86 bits per heavy atom.